The first-order valence-electron chi connectivity index (χ1n) is 29.0. The molecule has 474 valence electrons. The molecule has 0 atom stereocenters. The van der Waals surface area contributed by atoms with Crippen LogP contribution in [-0.4, -0.2) is 106 Å². The van der Waals surface area contributed by atoms with Gasteiger partial charge in [0.05, 0.1) is 60.8 Å². The van der Waals surface area contributed by atoms with Gasteiger partial charge in [0.2, 0.25) is 0 Å². The fourth-order valence-electron chi connectivity index (χ4n) is 9.86. The highest BCUT2D eigenvalue weighted by Crippen LogP contribution is 2.30. The number of hydrogen-bond donors (Lipinski definition) is 3. The molecule has 15 rings (SSSR count). The second-order valence-electron chi connectivity index (χ2n) is 21.2. The van der Waals surface area contributed by atoms with E-state index in [-0.39, 0.29) is 40.1 Å². The van der Waals surface area contributed by atoms with Crippen molar-refractivity contribution < 1.29 is 32.5 Å². The highest BCUT2D eigenvalue weighted by molar-refractivity contribution is 5.89. The predicted octanol–water partition coefficient (Wildman–Crippen LogP) is 12.5. The lowest BCUT2D eigenvalue weighted by Gasteiger charge is -2.09. The van der Waals surface area contributed by atoms with Gasteiger partial charge in [0.15, 0.2) is 46.0 Å². The molecular weight excluding hydrogens is 1200 g/mol. The van der Waals surface area contributed by atoms with Gasteiger partial charge in [0.25, 0.3) is 0 Å². The number of pyridine rings is 4. The van der Waals surface area contributed by atoms with Gasteiger partial charge in [-0.25, -0.2) is 23.5 Å². The van der Waals surface area contributed by atoms with Crippen LogP contribution in [0.4, 0.5) is 25.1 Å². The van der Waals surface area contributed by atoms with Crippen LogP contribution < -0.4 is 34.9 Å². The van der Waals surface area contributed by atoms with E-state index in [9.17, 15) is 13.6 Å². The lowest BCUT2D eigenvalue weighted by atomic mass is 10.1. The first-order chi connectivity index (χ1) is 45.0. The summed E-state index contributed by atoms with van der Waals surface area (Å²) in [5, 5.41) is 48.8. The maximum absolute atomic E-state index is 13.6. The van der Waals surface area contributed by atoms with Crippen molar-refractivity contribution >= 4 is 56.4 Å². The molecule has 1 saturated carbocycles. The van der Waals surface area contributed by atoms with Crippen molar-refractivity contribution in [2.75, 3.05) is 24.9 Å². The largest absolute Gasteiger partial charge is 0.497 e. The first-order valence-corrected chi connectivity index (χ1v) is 29.0. The van der Waals surface area contributed by atoms with Crippen molar-refractivity contribution in [2.45, 2.75) is 67.3 Å². The minimum atomic E-state index is -0.932. The molecule has 26 heteroatoms. The molecular formula is C68H63F2N19O5. The van der Waals surface area contributed by atoms with Crippen LogP contribution in [0.15, 0.2) is 176 Å². The van der Waals surface area contributed by atoms with Crippen LogP contribution in [0.5, 0.6) is 23.0 Å². The Balaban J connectivity index is 0.000000142. The Morgan fingerprint density at radius 2 is 1.14 bits per heavy atom. The van der Waals surface area contributed by atoms with Gasteiger partial charge in [-0.1, -0.05) is 62.4 Å². The molecule has 0 aliphatic heterocycles. The van der Waals surface area contributed by atoms with E-state index in [0.29, 0.717) is 80.6 Å². The number of nitrogens with one attached hydrogen (secondary N) is 3. The van der Waals surface area contributed by atoms with Crippen molar-refractivity contribution in [3.8, 4) is 56.8 Å². The monoisotopic (exact) mass is 1260 g/mol. The van der Waals surface area contributed by atoms with Gasteiger partial charge in [-0.3, -0.25) is 15.3 Å². The third kappa shape index (κ3) is 14.5. The number of anilines is 2. The Morgan fingerprint density at radius 1 is 0.532 bits per heavy atom. The number of rotatable bonds is 16. The van der Waals surface area contributed by atoms with E-state index in [4.69, 9.17) is 24.0 Å². The van der Waals surface area contributed by atoms with Crippen LogP contribution in [0.1, 0.15) is 56.3 Å². The summed E-state index contributed by atoms with van der Waals surface area (Å²) in [5.41, 5.74) is 11.9. The summed E-state index contributed by atoms with van der Waals surface area (Å²) < 4.78 is 54.2. The Hall–Kier alpha value is -12.2. The van der Waals surface area contributed by atoms with Crippen LogP contribution in [0.2, 0.25) is 0 Å². The topological polar surface area (TPSA) is 271 Å². The van der Waals surface area contributed by atoms with E-state index in [0.717, 1.165) is 75.6 Å². The van der Waals surface area contributed by atoms with E-state index >= 15 is 0 Å². The van der Waals surface area contributed by atoms with Gasteiger partial charge in [0, 0.05) is 64.9 Å². The van der Waals surface area contributed by atoms with Crippen LogP contribution in [0.25, 0.3) is 72.6 Å². The van der Waals surface area contributed by atoms with Gasteiger partial charge >= 0.3 is 6.03 Å². The number of benzene rings is 4. The van der Waals surface area contributed by atoms with Gasteiger partial charge < -0.3 is 29.6 Å². The summed E-state index contributed by atoms with van der Waals surface area (Å²) in [6.07, 6.45) is 8.64. The van der Waals surface area contributed by atoms with Gasteiger partial charge in [-0.05, 0) is 124 Å². The molecule has 0 saturated heterocycles. The van der Waals surface area contributed by atoms with E-state index in [2.05, 4.69) is 109 Å². The molecule has 14 aromatic rings. The number of hydrogen-bond acceptors (Lipinski definition) is 19. The van der Waals surface area contributed by atoms with E-state index in [1.54, 1.807) is 82.9 Å². The Kier molecular flexibility index (Phi) is 19.1. The summed E-state index contributed by atoms with van der Waals surface area (Å²) in [7, 11) is 3.21. The number of carbonyl (C=O) groups excluding carboxylic acids is 1. The SMILES string of the molecule is C.C.COc1ccc2c(OCc3nnc4ccc(-c5cc(C)cc(C)c5)nn34)ccnc2c1.COc1cnc2c(NCc3nnc4ccc(-c5ccc(F)c(F)c5)nn34)ccnc2c1.O=C(Nc1cc(OCc2nnc3ccc(-c4ccccc4)nn23)ccn1)NC1CC1. The highest BCUT2D eigenvalue weighted by Gasteiger charge is 2.24. The van der Waals surface area contributed by atoms with Gasteiger partial charge in [-0.2, -0.15) is 28.8 Å². The number of urea groups is 1. The van der Waals surface area contributed by atoms with Crippen LogP contribution in [-0.2, 0) is 19.8 Å². The third-order valence-corrected chi connectivity index (χ3v) is 14.5. The summed E-state index contributed by atoms with van der Waals surface area (Å²) >= 11 is 0. The zero-order valence-electron chi connectivity index (χ0n) is 49.8. The Morgan fingerprint density at radius 3 is 1.81 bits per heavy atom. The molecule has 1 aliphatic rings. The van der Waals surface area contributed by atoms with Gasteiger partial charge in [0.1, 0.15) is 47.5 Å². The molecule has 1 aliphatic carbocycles. The molecule has 0 unspecified atom stereocenters. The van der Waals surface area contributed by atoms with Crippen molar-refractivity contribution in [3.63, 3.8) is 0 Å². The number of aryl methyl sites for hydroxylation is 2. The fraction of sp³-hybridized carbons (Fsp3) is 0.176. The predicted molar refractivity (Wildman–Crippen MR) is 351 cm³/mol. The quantitative estimate of drug-likeness (QED) is 0.0811. The number of carbonyl (C=O) groups is 1. The van der Waals surface area contributed by atoms with Crippen LogP contribution in [0.3, 0.4) is 0 Å². The molecule has 1 fully saturated rings. The Labute approximate surface area is 537 Å². The second-order valence-corrected chi connectivity index (χ2v) is 21.2. The average molecular weight is 1260 g/mol. The number of methoxy groups -OCH3 is 2. The molecule has 0 radical (unpaired) electrons. The van der Waals surface area contributed by atoms with Crippen molar-refractivity contribution in [3.05, 3.63) is 217 Å². The molecule has 4 aromatic carbocycles. The molecule has 94 heavy (non-hydrogen) atoms. The maximum atomic E-state index is 13.6. The normalized spacial score (nSPS) is 11.6. The summed E-state index contributed by atoms with van der Waals surface area (Å²) in [5.74, 6) is 2.96. The fourth-order valence-corrected chi connectivity index (χ4v) is 9.86. The number of aromatic nitrogens is 16. The van der Waals surface area contributed by atoms with Crippen LogP contribution in [0, 0.1) is 25.5 Å². The standard InChI is InChI=1S/C24H21N5O2.C21H15F2N7O.C21H19N7O2.2CH4/c1-15-10-16(2)12-17(11-15)20-6-7-23-26-27-24(29(23)28-20)14-31-22-8-9-25-21-13-18(30-3)4-5-19(21)22;1-31-13-9-18-21(26-10-13)17(6-7-24-18)25-11-20-28-27-19-5-4-16(29-30(19)20)12-2-3-14(22)15(23)8-12;29-21(23-15-6-7-15)24-18-12-16(10-11-22-18)30-13-20-26-25-19-9-8-17(27-28(19)20)14-4-2-1-3-5-14;;/h4-13H,14H2,1-3H3;2-10H,11H2,1H3,(H,24,25);1-5,8-12,15H,6-7,13H2,(H2,22,23,24,29);2*1H4. The zero-order chi connectivity index (χ0) is 63.1. The summed E-state index contributed by atoms with van der Waals surface area (Å²) in [6, 6.07) is 45.6. The minimum absolute atomic E-state index is 0. The minimum Gasteiger partial charge on any atom is -0.497 e. The number of amides is 2. The van der Waals surface area contributed by atoms with Gasteiger partial charge in [-0.15, -0.1) is 30.6 Å². The lowest BCUT2D eigenvalue weighted by Crippen LogP contribution is -2.30. The van der Waals surface area contributed by atoms with Crippen molar-refractivity contribution in [1.29, 1.82) is 0 Å². The molecule has 10 heterocycles. The smallest absolute Gasteiger partial charge is 0.320 e. The van der Waals surface area contributed by atoms with Crippen LogP contribution >= 0.6 is 0 Å². The molecule has 0 spiro atoms. The molecule has 10 aromatic heterocycles. The van der Waals surface area contributed by atoms with E-state index in [1.165, 1.54) is 17.2 Å². The van der Waals surface area contributed by atoms with Crippen molar-refractivity contribution in [1.82, 2.24) is 84.7 Å². The molecule has 3 N–H and O–H groups in total. The first kappa shape index (κ1) is 63.4. The third-order valence-electron chi connectivity index (χ3n) is 14.5. The van der Waals surface area contributed by atoms with Crippen molar-refractivity contribution in [2.24, 2.45) is 0 Å². The Bertz CT molecular complexity index is 4990. The average Bonchev–Trinajstić information content (AvgIpc) is 1.61. The molecule has 0 bridgehead atoms. The number of nitrogens with zero attached hydrogens (tertiary/aromatic N) is 16. The highest BCUT2D eigenvalue weighted by atomic mass is 19.2. The maximum Gasteiger partial charge on any atom is 0.320 e. The lowest BCUT2D eigenvalue weighted by molar-refractivity contribution is 0.251. The second kappa shape index (κ2) is 28.3. The summed E-state index contributed by atoms with van der Waals surface area (Å²) in [4.78, 5) is 29.2. The van der Waals surface area contributed by atoms with E-state index < -0.39 is 11.6 Å². The number of ether oxygens (including phenoxy) is 4. The summed E-state index contributed by atoms with van der Waals surface area (Å²) in [6.45, 7) is 4.88. The number of fused-ring (bicyclic) bond motifs is 5. The zero-order valence-corrected chi connectivity index (χ0v) is 49.8. The molecule has 24 nitrogen and oxygen atoms in total. The molecule has 2 amide bonds. The number of halogens is 2. The van der Waals surface area contributed by atoms with E-state index in [1.807, 2.05) is 84.9 Å².